The molecule has 2 aromatic rings. The predicted molar refractivity (Wildman–Crippen MR) is 74.6 cm³/mol. The first kappa shape index (κ1) is 12.8. The van der Waals surface area contributed by atoms with Gasteiger partial charge in [-0.15, -0.1) is 0 Å². The highest BCUT2D eigenvalue weighted by Gasteiger charge is 2.03. The molecule has 0 saturated heterocycles. The predicted octanol–water partition coefficient (Wildman–Crippen LogP) is 3.88. The van der Waals surface area contributed by atoms with Gasteiger partial charge in [-0.05, 0) is 58.5 Å². The van der Waals surface area contributed by atoms with Crippen LogP contribution in [0.15, 0.2) is 42.5 Å². The number of nitrogens with zero attached hydrogens (tertiary/aromatic N) is 1. The van der Waals surface area contributed by atoms with Gasteiger partial charge in [-0.3, -0.25) is 0 Å². The minimum Gasteiger partial charge on any atom is -0.488 e. The smallest absolute Gasteiger partial charge is 0.133 e. The molecule has 2 aromatic carbocycles. The lowest BCUT2D eigenvalue weighted by Crippen LogP contribution is -1.97. The zero-order valence-corrected chi connectivity index (χ0v) is 11.5. The second-order valence-electron chi connectivity index (χ2n) is 3.67. The summed E-state index contributed by atoms with van der Waals surface area (Å²) in [5, 5.41) is 8.76. The van der Waals surface area contributed by atoms with Gasteiger partial charge in [-0.1, -0.05) is 12.1 Å². The van der Waals surface area contributed by atoms with E-state index in [1.807, 2.05) is 0 Å². The summed E-state index contributed by atoms with van der Waals surface area (Å²) in [6.07, 6.45) is 0. The van der Waals surface area contributed by atoms with E-state index in [2.05, 4.69) is 28.7 Å². The van der Waals surface area contributed by atoms with Crippen LogP contribution in [0.1, 0.15) is 11.1 Å². The van der Waals surface area contributed by atoms with Gasteiger partial charge >= 0.3 is 0 Å². The van der Waals surface area contributed by atoms with Crippen molar-refractivity contribution in [3.63, 3.8) is 0 Å². The fourth-order valence-corrected chi connectivity index (χ4v) is 2.10. The lowest BCUT2D eigenvalue weighted by molar-refractivity contribution is 0.304. The molecule has 0 heterocycles. The summed E-state index contributed by atoms with van der Waals surface area (Å²) in [4.78, 5) is 0. The van der Waals surface area contributed by atoms with Crippen molar-refractivity contribution in [1.29, 1.82) is 5.26 Å². The lowest BCUT2D eigenvalue weighted by atomic mass is 10.2. The number of ether oxygens (including phenoxy) is 1. The Balaban J connectivity index is 2.06. The Kier molecular flexibility index (Phi) is 4.15. The van der Waals surface area contributed by atoms with Gasteiger partial charge in [0.2, 0.25) is 0 Å². The number of rotatable bonds is 3. The van der Waals surface area contributed by atoms with Crippen molar-refractivity contribution in [2.24, 2.45) is 0 Å². The fraction of sp³-hybridized carbons (Fsp3) is 0.0714. The third-order valence-corrected chi connectivity index (χ3v) is 3.21. The van der Waals surface area contributed by atoms with Gasteiger partial charge in [0.1, 0.15) is 18.2 Å². The molecule has 0 aromatic heterocycles. The van der Waals surface area contributed by atoms with E-state index in [-0.39, 0.29) is 5.82 Å². The fourth-order valence-electron chi connectivity index (χ4n) is 1.43. The standard InChI is InChI=1S/C14H9FINO/c15-12-4-1-10(2-5-12)9-18-14-6-3-11(8-17)7-13(14)16/h1-7H,9H2. The topological polar surface area (TPSA) is 33.0 Å². The van der Waals surface area contributed by atoms with Crippen LogP contribution in [0.25, 0.3) is 0 Å². The van der Waals surface area contributed by atoms with Crippen LogP contribution in [0.5, 0.6) is 5.75 Å². The van der Waals surface area contributed by atoms with Gasteiger partial charge in [0.15, 0.2) is 0 Å². The third kappa shape index (κ3) is 3.20. The van der Waals surface area contributed by atoms with Crippen molar-refractivity contribution in [1.82, 2.24) is 0 Å². The van der Waals surface area contributed by atoms with Crippen molar-refractivity contribution in [3.8, 4) is 11.8 Å². The van der Waals surface area contributed by atoms with E-state index in [0.29, 0.717) is 12.2 Å². The first-order valence-corrected chi connectivity index (χ1v) is 6.34. The van der Waals surface area contributed by atoms with Crippen LogP contribution in [0.3, 0.4) is 0 Å². The Bertz CT molecular complexity index is 590. The quantitative estimate of drug-likeness (QED) is 0.785. The summed E-state index contributed by atoms with van der Waals surface area (Å²) in [6, 6.07) is 13.5. The van der Waals surface area contributed by atoms with E-state index in [1.165, 1.54) is 12.1 Å². The maximum Gasteiger partial charge on any atom is 0.133 e. The van der Waals surface area contributed by atoms with Gasteiger partial charge in [0.05, 0.1) is 15.2 Å². The minimum absolute atomic E-state index is 0.258. The van der Waals surface area contributed by atoms with Gasteiger partial charge in [-0.2, -0.15) is 5.26 Å². The Morgan fingerprint density at radius 2 is 1.89 bits per heavy atom. The molecule has 0 fully saturated rings. The monoisotopic (exact) mass is 353 g/mol. The average Bonchev–Trinajstić information content (AvgIpc) is 2.39. The van der Waals surface area contributed by atoms with Gasteiger partial charge in [0, 0.05) is 0 Å². The highest BCUT2D eigenvalue weighted by molar-refractivity contribution is 14.1. The molecule has 0 unspecified atom stereocenters. The molecule has 2 rings (SSSR count). The molecule has 90 valence electrons. The summed E-state index contributed by atoms with van der Waals surface area (Å²) in [5.41, 5.74) is 1.50. The second-order valence-corrected chi connectivity index (χ2v) is 4.83. The average molecular weight is 353 g/mol. The van der Waals surface area contributed by atoms with E-state index < -0.39 is 0 Å². The van der Waals surface area contributed by atoms with Crippen molar-refractivity contribution in [2.75, 3.05) is 0 Å². The summed E-state index contributed by atoms with van der Waals surface area (Å²) in [5.74, 6) is 0.464. The molecular formula is C14H9FINO. The van der Waals surface area contributed by atoms with Crippen molar-refractivity contribution < 1.29 is 9.13 Å². The van der Waals surface area contributed by atoms with Crippen LogP contribution in [-0.2, 0) is 6.61 Å². The molecule has 0 N–H and O–H groups in total. The van der Waals surface area contributed by atoms with Gasteiger partial charge in [-0.25, -0.2) is 4.39 Å². The zero-order chi connectivity index (χ0) is 13.0. The first-order chi connectivity index (χ1) is 8.69. The van der Waals surface area contributed by atoms with Crippen LogP contribution in [0.2, 0.25) is 0 Å². The molecule has 0 amide bonds. The van der Waals surface area contributed by atoms with Crippen molar-refractivity contribution >= 4 is 22.6 Å². The Morgan fingerprint density at radius 1 is 1.17 bits per heavy atom. The first-order valence-electron chi connectivity index (χ1n) is 5.26. The van der Waals surface area contributed by atoms with Crippen molar-refractivity contribution in [3.05, 3.63) is 63.0 Å². The van der Waals surface area contributed by atoms with Crippen LogP contribution in [0, 0.1) is 20.7 Å². The molecule has 0 spiro atoms. The van der Waals surface area contributed by atoms with E-state index in [4.69, 9.17) is 10.00 Å². The second kappa shape index (κ2) is 5.83. The molecule has 0 saturated carbocycles. The van der Waals surface area contributed by atoms with Crippen LogP contribution in [0.4, 0.5) is 4.39 Å². The number of nitriles is 1. The maximum atomic E-state index is 12.7. The van der Waals surface area contributed by atoms with Gasteiger partial charge in [0.25, 0.3) is 0 Å². The Labute approximate surface area is 118 Å². The van der Waals surface area contributed by atoms with Crippen molar-refractivity contribution in [2.45, 2.75) is 6.61 Å². The highest BCUT2D eigenvalue weighted by Crippen LogP contribution is 2.22. The van der Waals surface area contributed by atoms with Crippen LogP contribution < -0.4 is 4.74 Å². The molecule has 0 radical (unpaired) electrons. The van der Waals surface area contributed by atoms with E-state index in [1.54, 1.807) is 30.3 Å². The van der Waals surface area contributed by atoms with Crippen LogP contribution in [-0.4, -0.2) is 0 Å². The number of hydrogen-bond donors (Lipinski definition) is 0. The van der Waals surface area contributed by atoms with Crippen LogP contribution >= 0.6 is 22.6 Å². The molecule has 0 aliphatic carbocycles. The molecule has 4 heteroatoms. The molecule has 0 aliphatic rings. The Hall–Kier alpha value is -1.61. The SMILES string of the molecule is N#Cc1ccc(OCc2ccc(F)cc2)c(I)c1. The maximum absolute atomic E-state index is 12.7. The summed E-state index contributed by atoms with van der Waals surface area (Å²) >= 11 is 2.12. The third-order valence-electron chi connectivity index (χ3n) is 2.37. The lowest BCUT2D eigenvalue weighted by Gasteiger charge is -2.08. The largest absolute Gasteiger partial charge is 0.488 e. The molecule has 18 heavy (non-hydrogen) atoms. The number of halogens is 2. The zero-order valence-electron chi connectivity index (χ0n) is 9.36. The number of hydrogen-bond acceptors (Lipinski definition) is 2. The molecular weight excluding hydrogens is 344 g/mol. The van der Waals surface area contributed by atoms with Gasteiger partial charge < -0.3 is 4.74 Å². The molecule has 0 atom stereocenters. The summed E-state index contributed by atoms with van der Waals surface area (Å²) < 4.78 is 19.2. The van der Waals surface area contributed by atoms with E-state index >= 15 is 0 Å². The molecule has 2 nitrogen and oxygen atoms in total. The summed E-state index contributed by atoms with van der Waals surface area (Å²) in [7, 11) is 0. The van der Waals surface area contributed by atoms with E-state index in [9.17, 15) is 4.39 Å². The molecule has 0 aliphatic heterocycles. The number of benzene rings is 2. The Morgan fingerprint density at radius 3 is 2.50 bits per heavy atom. The highest BCUT2D eigenvalue weighted by atomic mass is 127. The minimum atomic E-state index is -0.258. The molecule has 0 bridgehead atoms. The van der Waals surface area contributed by atoms with E-state index in [0.717, 1.165) is 14.9 Å². The normalized spacial score (nSPS) is 9.83. The summed E-state index contributed by atoms with van der Waals surface area (Å²) in [6.45, 7) is 0.377.